The van der Waals surface area contributed by atoms with E-state index in [0.29, 0.717) is 18.3 Å². The first kappa shape index (κ1) is 13.8. The molecule has 2 atom stereocenters. The molecule has 17 heavy (non-hydrogen) atoms. The molecule has 1 rings (SSSR count). The number of rotatable bonds is 6. The summed E-state index contributed by atoms with van der Waals surface area (Å²) >= 11 is 0. The first-order chi connectivity index (χ1) is 8.15. The van der Waals surface area contributed by atoms with Gasteiger partial charge in [-0.25, -0.2) is 0 Å². The highest BCUT2D eigenvalue weighted by molar-refractivity contribution is 5.53. The number of hydrogen-bond donors (Lipinski definition) is 0. The van der Waals surface area contributed by atoms with Gasteiger partial charge >= 0.3 is 0 Å². The van der Waals surface area contributed by atoms with Crippen molar-refractivity contribution in [3.8, 4) is 5.75 Å². The quantitative estimate of drug-likeness (QED) is 0.688. The van der Waals surface area contributed by atoms with E-state index >= 15 is 0 Å². The molecule has 0 saturated heterocycles. The van der Waals surface area contributed by atoms with Crippen LogP contribution < -0.4 is 4.74 Å². The summed E-state index contributed by atoms with van der Waals surface area (Å²) in [5.41, 5.74) is 2.27. The van der Waals surface area contributed by atoms with Gasteiger partial charge in [-0.2, -0.15) is 0 Å². The summed E-state index contributed by atoms with van der Waals surface area (Å²) in [6.45, 7) is 9.14. The van der Waals surface area contributed by atoms with Crippen molar-refractivity contribution in [3.05, 3.63) is 29.3 Å². The predicted octanol–water partition coefficient (Wildman–Crippen LogP) is 4.25. The van der Waals surface area contributed by atoms with Crippen LogP contribution in [0, 0.1) is 0 Å². The monoisotopic (exact) mass is 234 g/mol. The van der Waals surface area contributed by atoms with Crippen molar-refractivity contribution < 1.29 is 9.53 Å². The van der Waals surface area contributed by atoms with E-state index in [-0.39, 0.29) is 0 Å². The van der Waals surface area contributed by atoms with Crippen LogP contribution >= 0.6 is 0 Å². The van der Waals surface area contributed by atoms with Crippen LogP contribution in [-0.2, 0) is 4.79 Å². The minimum atomic E-state index is 0.411. The average Bonchev–Trinajstić information content (AvgIpc) is 2.37. The Kier molecular flexibility index (Phi) is 5.20. The molecule has 0 aliphatic rings. The maximum Gasteiger partial charge on any atom is 0.298 e. The zero-order valence-electron chi connectivity index (χ0n) is 11.2. The highest BCUT2D eigenvalue weighted by Gasteiger charge is 2.17. The zero-order valence-corrected chi connectivity index (χ0v) is 11.2. The fourth-order valence-electron chi connectivity index (χ4n) is 1.97. The Hall–Kier alpha value is -1.31. The number of ether oxygens (including phenoxy) is 1. The third-order valence-corrected chi connectivity index (χ3v) is 3.53. The van der Waals surface area contributed by atoms with Gasteiger partial charge < -0.3 is 4.74 Å². The number of carbonyl (C=O) groups is 1. The van der Waals surface area contributed by atoms with E-state index in [0.717, 1.165) is 29.7 Å². The number of benzene rings is 1. The summed E-state index contributed by atoms with van der Waals surface area (Å²) in [7, 11) is 0. The predicted molar refractivity (Wildman–Crippen MR) is 70.5 cm³/mol. The van der Waals surface area contributed by atoms with Crippen LogP contribution in [0.5, 0.6) is 5.75 Å². The molecular formula is C15H22O2. The standard InChI is InChI=1S/C15H22O2/c1-5-11(3)13-8-7-9-14(12(4)6-2)15(13)17-10-16/h7-12H,5-6H2,1-4H3. The Labute approximate surface area is 104 Å². The van der Waals surface area contributed by atoms with Crippen molar-refractivity contribution in [2.24, 2.45) is 0 Å². The van der Waals surface area contributed by atoms with Gasteiger partial charge in [0.25, 0.3) is 6.47 Å². The highest BCUT2D eigenvalue weighted by atomic mass is 16.5. The molecule has 0 bridgehead atoms. The van der Waals surface area contributed by atoms with Crippen molar-refractivity contribution in [2.45, 2.75) is 52.4 Å². The van der Waals surface area contributed by atoms with E-state index in [1.807, 2.05) is 0 Å². The molecule has 0 heterocycles. The van der Waals surface area contributed by atoms with Crippen molar-refractivity contribution in [2.75, 3.05) is 0 Å². The Balaban J connectivity index is 3.25. The van der Waals surface area contributed by atoms with E-state index in [4.69, 9.17) is 4.74 Å². The Morgan fingerprint density at radius 1 is 1.12 bits per heavy atom. The van der Waals surface area contributed by atoms with E-state index in [1.54, 1.807) is 0 Å². The fourth-order valence-corrected chi connectivity index (χ4v) is 1.97. The molecule has 0 spiro atoms. The molecule has 0 fully saturated rings. The second-order valence-electron chi connectivity index (χ2n) is 4.60. The maximum absolute atomic E-state index is 10.7. The Morgan fingerprint density at radius 2 is 1.59 bits per heavy atom. The van der Waals surface area contributed by atoms with Crippen molar-refractivity contribution in [3.63, 3.8) is 0 Å². The van der Waals surface area contributed by atoms with Crippen LogP contribution in [0.1, 0.15) is 63.5 Å². The third-order valence-electron chi connectivity index (χ3n) is 3.53. The average molecular weight is 234 g/mol. The lowest BCUT2D eigenvalue weighted by Crippen LogP contribution is -2.04. The molecule has 0 N–H and O–H groups in total. The SMILES string of the molecule is CCC(C)c1cccc(C(C)CC)c1OC=O. The fraction of sp³-hybridized carbons (Fsp3) is 0.533. The summed E-state index contributed by atoms with van der Waals surface area (Å²) < 4.78 is 5.23. The Morgan fingerprint density at radius 3 is 1.94 bits per heavy atom. The molecule has 2 nitrogen and oxygen atoms in total. The second-order valence-corrected chi connectivity index (χ2v) is 4.60. The lowest BCUT2D eigenvalue weighted by Gasteiger charge is -2.19. The summed E-state index contributed by atoms with van der Waals surface area (Å²) in [6, 6.07) is 6.17. The number of para-hydroxylation sites is 1. The summed E-state index contributed by atoms with van der Waals surface area (Å²) in [5, 5.41) is 0. The van der Waals surface area contributed by atoms with Gasteiger partial charge in [0.05, 0.1) is 0 Å². The Bertz CT molecular complexity index is 343. The zero-order chi connectivity index (χ0) is 12.8. The molecule has 0 amide bonds. The van der Waals surface area contributed by atoms with Crippen LogP contribution in [0.3, 0.4) is 0 Å². The first-order valence-electron chi connectivity index (χ1n) is 6.38. The molecule has 94 valence electrons. The molecule has 0 aliphatic heterocycles. The second kappa shape index (κ2) is 6.43. The normalized spacial score (nSPS) is 14.1. The number of hydrogen-bond acceptors (Lipinski definition) is 2. The van der Waals surface area contributed by atoms with Gasteiger partial charge in [-0.15, -0.1) is 0 Å². The van der Waals surface area contributed by atoms with Crippen molar-refractivity contribution in [1.82, 2.24) is 0 Å². The molecule has 0 radical (unpaired) electrons. The molecule has 0 aromatic heterocycles. The smallest absolute Gasteiger partial charge is 0.298 e. The van der Waals surface area contributed by atoms with E-state index in [2.05, 4.69) is 45.9 Å². The van der Waals surface area contributed by atoms with Gasteiger partial charge in [-0.3, -0.25) is 4.79 Å². The molecule has 0 saturated carbocycles. The minimum Gasteiger partial charge on any atom is -0.428 e. The van der Waals surface area contributed by atoms with Crippen molar-refractivity contribution >= 4 is 6.47 Å². The van der Waals surface area contributed by atoms with Gasteiger partial charge in [0, 0.05) is 0 Å². The summed E-state index contributed by atoms with van der Waals surface area (Å²) in [4.78, 5) is 10.7. The van der Waals surface area contributed by atoms with E-state index in [9.17, 15) is 4.79 Å². The lowest BCUT2D eigenvalue weighted by atomic mass is 9.90. The van der Waals surface area contributed by atoms with Crippen LogP contribution in [0.15, 0.2) is 18.2 Å². The van der Waals surface area contributed by atoms with Crippen LogP contribution in [0.2, 0.25) is 0 Å². The van der Waals surface area contributed by atoms with Crippen molar-refractivity contribution in [1.29, 1.82) is 0 Å². The highest BCUT2D eigenvalue weighted by Crippen LogP contribution is 2.36. The first-order valence-corrected chi connectivity index (χ1v) is 6.38. The molecule has 0 aliphatic carbocycles. The van der Waals surface area contributed by atoms with Gasteiger partial charge in [0.1, 0.15) is 5.75 Å². The lowest BCUT2D eigenvalue weighted by molar-refractivity contribution is -0.120. The molecule has 2 unspecified atom stereocenters. The van der Waals surface area contributed by atoms with Crippen LogP contribution in [0.4, 0.5) is 0 Å². The molecule has 2 heteroatoms. The molecule has 1 aromatic rings. The summed E-state index contributed by atoms with van der Waals surface area (Å²) in [5.74, 6) is 1.59. The van der Waals surface area contributed by atoms with Gasteiger partial charge in [-0.1, -0.05) is 45.9 Å². The topological polar surface area (TPSA) is 26.3 Å². The maximum atomic E-state index is 10.7. The molecular weight excluding hydrogens is 212 g/mol. The number of carbonyl (C=O) groups excluding carboxylic acids is 1. The largest absolute Gasteiger partial charge is 0.428 e. The van der Waals surface area contributed by atoms with E-state index < -0.39 is 0 Å². The van der Waals surface area contributed by atoms with Gasteiger partial charge in [-0.05, 0) is 35.8 Å². The third kappa shape index (κ3) is 3.09. The molecule has 1 aromatic carbocycles. The van der Waals surface area contributed by atoms with Crippen LogP contribution in [-0.4, -0.2) is 6.47 Å². The van der Waals surface area contributed by atoms with E-state index in [1.165, 1.54) is 0 Å². The minimum absolute atomic E-state index is 0.411. The van der Waals surface area contributed by atoms with Gasteiger partial charge in [0.2, 0.25) is 0 Å². The van der Waals surface area contributed by atoms with Gasteiger partial charge in [0.15, 0.2) is 0 Å². The summed E-state index contributed by atoms with van der Waals surface area (Å²) in [6.07, 6.45) is 2.08. The van der Waals surface area contributed by atoms with Crippen LogP contribution in [0.25, 0.3) is 0 Å².